The lowest BCUT2D eigenvalue weighted by molar-refractivity contribution is -0.145. The van der Waals surface area contributed by atoms with Crippen molar-refractivity contribution in [1.82, 2.24) is 0 Å². The zero-order valence-electron chi connectivity index (χ0n) is 20.2. The normalized spacial score (nSPS) is 38.2. The van der Waals surface area contributed by atoms with E-state index in [0.717, 1.165) is 31.3 Å². The second-order valence-electron chi connectivity index (χ2n) is 11.5. The van der Waals surface area contributed by atoms with Crippen molar-refractivity contribution in [1.29, 1.82) is 0 Å². The summed E-state index contributed by atoms with van der Waals surface area (Å²) < 4.78 is 11.9. The highest BCUT2D eigenvalue weighted by molar-refractivity contribution is 6.69. The van der Waals surface area contributed by atoms with Crippen LogP contribution in [0.15, 0.2) is 35.5 Å². The smallest absolute Gasteiger partial charge is 0.303 e. The second kappa shape index (κ2) is 7.91. The number of allylic oxidation sites excluding steroid dienone is 5. The summed E-state index contributed by atoms with van der Waals surface area (Å²) in [7, 11) is -1.86. The molecule has 32 heavy (non-hydrogen) atoms. The molecule has 0 amide bonds. The van der Waals surface area contributed by atoms with E-state index in [1.54, 1.807) is 6.08 Å². The fourth-order valence-corrected chi connectivity index (χ4v) is 8.24. The van der Waals surface area contributed by atoms with Gasteiger partial charge in [-0.3, -0.25) is 14.4 Å². The zero-order chi connectivity index (χ0) is 23.5. The molecule has 0 bridgehead atoms. The first-order valence-corrected chi connectivity index (χ1v) is 15.3. The van der Waals surface area contributed by atoms with E-state index in [4.69, 9.17) is 9.16 Å². The Morgan fingerprint density at radius 2 is 1.94 bits per heavy atom. The van der Waals surface area contributed by atoms with Crippen LogP contribution in [0.4, 0.5) is 0 Å². The van der Waals surface area contributed by atoms with Crippen LogP contribution in [0.2, 0.25) is 19.6 Å². The van der Waals surface area contributed by atoms with Gasteiger partial charge in [-0.15, -0.1) is 0 Å². The lowest BCUT2D eigenvalue weighted by Crippen LogP contribution is -2.58. The number of hydrogen-bond donors (Lipinski definition) is 0. The minimum absolute atomic E-state index is 0.0162. The number of ketones is 2. The summed E-state index contributed by atoms with van der Waals surface area (Å²) in [4.78, 5) is 36.4. The summed E-state index contributed by atoms with van der Waals surface area (Å²) in [5.74, 6) is 0.620. The Morgan fingerprint density at radius 3 is 2.59 bits per heavy atom. The Balaban J connectivity index is 1.71. The van der Waals surface area contributed by atoms with E-state index < -0.39 is 14.3 Å². The Hall–Kier alpha value is -1.79. The van der Waals surface area contributed by atoms with Crippen molar-refractivity contribution in [3.63, 3.8) is 0 Å². The highest BCUT2D eigenvalue weighted by atomic mass is 28.4. The van der Waals surface area contributed by atoms with Crippen LogP contribution in [0, 0.1) is 28.6 Å². The van der Waals surface area contributed by atoms with Crippen LogP contribution >= 0.6 is 0 Å². The van der Waals surface area contributed by atoms with Gasteiger partial charge in [0.1, 0.15) is 0 Å². The predicted molar refractivity (Wildman–Crippen MR) is 125 cm³/mol. The SMILES string of the molecule is CC(=O)OCC(=O)C1=CC[C@H]2[C@@H]3CCC4=CC(=O)C=C[C@]4(C)[C@H]3C(O[Si](C)(C)C)C[C@]12C. The van der Waals surface area contributed by atoms with Gasteiger partial charge in [-0.05, 0) is 75.2 Å². The average Bonchev–Trinajstić information content (AvgIpc) is 3.01. The van der Waals surface area contributed by atoms with E-state index in [1.165, 1.54) is 12.5 Å². The van der Waals surface area contributed by atoms with Gasteiger partial charge in [0.2, 0.25) is 0 Å². The van der Waals surface area contributed by atoms with Crippen molar-refractivity contribution < 1.29 is 23.5 Å². The van der Waals surface area contributed by atoms with Gasteiger partial charge in [-0.25, -0.2) is 0 Å². The van der Waals surface area contributed by atoms with Gasteiger partial charge < -0.3 is 9.16 Å². The third-order valence-corrected chi connectivity index (χ3v) is 9.28. The molecule has 2 saturated carbocycles. The minimum atomic E-state index is -1.86. The number of rotatable bonds is 5. The molecule has 2 fully saturated rings. The molecule has 0 aromatic carbocycles. The van der Waals surface area contributed by atoms with E-state index in [9.17, 15) is 14.4 Å². The molecule has 0 saturated heterocycles. The molecule has 1 unspecified atom stereocenters. The van der Waals surface area contributed by atoms with Crippen LogP contribution in [-0.2, 0) is 23.5 Å². The molecule has 4 rings (SSSR count). The minimum Gasteiger partial charge on any atom is -0.457 e. The lowest BCUT2D eigenvalue weighted by Gasteiger charge is -2.60. The third kappa shape index (κ3) is 3.90. The van der Waals surface area contributed by atoms with E-state index in [0.29, 0.717) is 11.8 Å². The number of esters is 1. The summed E-state index contributed by atoms with van der Waals surface area (Å²) in [5, 5.41) is 0. The molecule has 0 aliphatic heterocycles. The fourth-order valence-electron chi connectivity index (χ4n) is 7.10. The molecule has 0 heterocycles. The van der Waals surface area contributed by atoms with Crippen molar-refractivity contribution in [3.8, 4) is 0 Å². The lowest BCUT2D eigenvalue weighted by atomic mass is 9.47. The van der Waals surface area contributed by atoms with Crippen LogP contribution in [0.25, 0.3) is 0 Å². The van der Waals surface area contributed by atoms with Gasteiger partial charge >= 0.3 is 5.97 Å². The van der Waals surface area contributed by atoms with Gasteiger partial charge in [0.05, 0.1) is 6.10 Å². The van der Waals surface area contributed by atoms with Gasteiger partial charge in [0.15, 0.2) is 26.5 Å². The van der Waals surface area contributed by atoms with Gasteiger partial charge in [-0.2, -0.15) is 0 Å². The molecule has 5 nitrogen and oxygen atoms in total. The van der Waals surface area contributed by atoms with Crippen LogP contribution in [0.1, 0.15) is 46.5 Å². The van der Waals surface area contributed by atoms with Crippen molar-refractivity contribution in [2.45, 2.75) is 72.2 Å². The number of Topliss-reactive ketones (excluding diaryl/α,β-unsaturated/α-hetero) is 1. The van der Waals surface area contributed by atoms with Gasteiger partial charge in [0.25, 0.3) is 0 Å². The molecule has 0 aromatic rings. The molecular weight excluding hydrogens is 420 g/mol. The predicted octanol–water partition coefficient (Wildman–Crippen LogP) is 4.79. The topological polar surface area (TPSA) is 69.7 Å². The molecule has 174 valence electrons. The highest BCUT2D eigenvalue weighted by Crippen LogP contribution is 2.65. The summed E-state index contributed by atoms with van der Waals surface area (Å²) >= 11 is 0. The summed E-state index contributed by atoms with van der Waals surface area (Å²) in [6.45, 7) is 12.3. The number of carbonyl (C=O) groups excluding carboxylic acids is 3. The maximum atomic E-state index is 13.1. The van der Waals surface area contributed by atoms with E-state index in [-0.39, 0.29) is 41.0 Å². The Morgan fingerprint density at radius 1 is 1.22 bits per heavy atom. The van der Waals surface area contributed by atoms with Crippen molar-refractivity contribution in [3.05, 3.63) is 35.5 Å². The zero-order valence-corrected chi connectivity index (χ0v) is 21.2. The summed E-state index contributed by atoms with van der Waals surface area (Å²) in [6.07, 6.45) is 11.4. The summed E-state index contributed by atoms with van der Waals surface area (Å²) in [6, 6.07) is 0. The van der Waals surface area contributed by atoms with Crippen LogP contribution in [0.5, 0.6) is 0 Å². The van der Waals surface area contributed by atoms with E-state index >= 15 is 0 Å². The van der Waals surface area contributed by atoms with Crippen molar-refractivity contribution >= 4 is 25.9 Å². The monoisotopic (exact) mass is 456 g/mol. The Labute approximate surface area is 192 Å². The average molecular weight is 457 g/mol. The third-order valence-electron chi connectivity index (χ3n) is 8.27. The number of fused-ring (bicyclic) bond motifs is 5. The number of ether oxygens (including phenoxy) is 1. The van der Waals surface area contributed by atoms with Crippen LogP contribution in [-0.4, -0.2) is 38.6 Å². The van der Waals surface area contributed by atoms with E-state index in [2.05, 4.69) is 45.6 Å². The quantitative estimate of drug-likeness (QED) is 0.439. The number of carbonyl (C=O) groups is 3. The molecule has 0 spiro atoms. The van der Waals surface area contributed by atoms with Crippen molar-refractivity contribution in [2.75, 3.05) is 6.61 Å². The molecule has 0 aromatic heterocycles. The Kier molecular flexibility index (Phi) is 5.78. The fraction of sp³-hybridized carbons (Fsp3) is 0.654. The summed E-state index contributed by atoms with van der Waals surface area (Å²) in [5.41, 5.74) is 1.57. The standard InChI is InChI=1S/C26H36O5Si/c1-16(27)30-15-22(29)21-10-9-20-19-8-7-17-13-18(28)11-12-25(17,2)24(19)23(14-26(20,21)3)31-32(4,5)6/h10-13,19-20,23-24H,7-9,14-15H2,1-6H3/t19-,20-,23?,24+,25-,26-/m0/s1. The molecule has 6 atom stereocenters. The molecule has 4 aliphatic rings. The highest BCUT2D eigenvalue weighted by Gasteiger charge is 2.61. The maximum absolute atomic E-state index is 13.1. The number of hydrogen-bond acceptors (Lipinski definition) is 5. The molecular formula is C26H36O5Si. The van der Waals surface area contributed by atoms with Crippen LogP contribution in [0.3, 0.4) is 0 Å². The van der Waals surface area contributed by atoms with Crippen molar-refractivity contribution in [2.24, 2.45) is 28.6 Å². The maximum Gasteiger partial charge on any atom is 0.303 e. The Bertz CT molecular complexity index is 938. The molecule has 6 heteroatoms. The van der Waals surface area contributed by atoms with Gasteiger partial charge in [-0.1, -0.05) is 31.6 Å². The first kappa shape index (κ1) is 23.4. The molecule has 0 radical (unpaired) electrons. The van der Waals surface area contributed by atoms with E-state index in [1.807, 2.05) is 6.08 Å². The largest absolute Gasteiger partial charge is 0.457 e. The van der Waals surface area contributed by atoms with Gasteiger partial charge in [0, 0.05) is 23.3 Å². The molecule has 4 aliphatic carbocycles. The first-order valence-electron chi connectivity index (χ1n) is 11.8. The van der Waals surface area contributed by atoms with Crippen LogP contribution < -0.4 is 0 Å². The molecule has 0 N–H and O–H groups in total. The first-order chi connectivity index (χ1) is 14.8. The second-order valence-corrected chi connectivity index (χ2v) is 15.9.